The van der Waals surface area contributed by atoms with Crippen LogP contribution in [0.25, 0.3) is 5.65 Å². The average Bonchev–Trinajstić information content (AvgIpc) is 3.44. The van der Waals surface area contributed by atoms with Gasteiger partial charge in [-0.05, 0) is 37.1 Å². The van der Waals surface area contributed by atoms with Crippen LogP contribution >= 0.6 is 0 Å². The number of aryl methyl sites for hydroxylation is 2. The molecule has 0 bridgehead atoms. The maximum atomic E-state index is 6.19. The van der Waals surface area contributed by atoms with Gasteiger partial charge in [0, 0.05) is 44.7 Å². The fourth-order valence-corrected chi connectivity index (χ4v) is 3.62. The number of fused-ring (bicyclic) bond motifs is 1. The Labute approximate surface area is 182 Å². The highest BCUT2D eigenvalue weighted by molar-refractivity contribution is 5.79. The number of rotatable bonds is 8. The van der Waals surface area contributed by atoms with Gasteiger partial charge in [0.2, 0.25) is 0 Å². The molecule has 0 saturated carbocycles. The van der Waals surface area contributed by atoms with Gasteiger partial charge in [-0.2, -0.15) is 0 Å². The Morgan fingerprint density at radius 1 is 1.26 bits per heavy atom. The molecule has 1 saturated heterocycles. The normalized spacial score (nSPS) is 16.6. The second-order valence-corrected chi connectivity index (χ2v) is 7.72. The number of nitrogens with zero attached hydrogens (tertiary/aromatic N) is 4. The number of aliphatic imine (C=N–C) groups is 1. The lowest BCUT2D eigenvalue weighted by atomic mass is 10.1. The van der Waals surface area contributed by atoms with Crippen LogP contribution in [0.1, 0.15) is 29.8 Å². The van der Waals surface area contributed by atoms with E-state index in [0.717, 1.165) is 61.2 Å². The number of ether oxygens (including phenoxy) is 2. The monoisotopic (exact) mass is 422 g/mol. The highest BCUT2D eigenvalue weighted by Crippen LogP contribution is 2.23. The number of pyridine rings is 1. The molecule has 164 valence electrons. The summed E-state index contributed by atoms with van der Waals surface area (Å²) in [6, 6.07) is 12.2. The number of guanidine groups is 1. The van der Waals surface area contributed by atoms with E-state index in [-0.39, 0.29) is 6.10 Å². The molecule has 0 radical (unpaired) electrons. The van der Waals surface area contributed by atoms with Gasteiger partial charge < -0.3 is 20.1 Å². The molecule has 1 aliphatic heterocycles. The first-order valence-corrected chi connectivity index (χ1v) is 10.8. The van der Waals surface area contributed by atoms with Crippen LogP contribution < -0.4 is 15.4 Å². The van der Waals surface area contributed by atoms with E-state index >= 15 is 0 Å². The van der Waals surface area contributed by atoms with Crippen LogP contribution in [-0.2, 0) is 17.7 Å². The predicted octanol–water partition coefficient (Wildman–Crippen LogP) is 2.50. The van der Waals surface area contributed by atoms with Crippen molar-refractivity contribution < 1.29 is 9.47 Å². The van der Waals surface area contributed by atoms with Crippen molar-refractivity contribution >= 4 is 11.6 Å². The second kappa shape index (κ2) is 10.3. The Bertz CT molecular complexity index is 1030. The highest BCUT2D eigenvalue weighted by Gasteiger charge is 2.18. The third kappa shape index (κ3) is 5.52. The summed E-state index contributed by atoms with van der Waals surface area (Å²) in [7, 11) is 1.78. The summed E-state index contributed by atoms with van der Waals surface area (Å²) >= 11 is 0. The zero-order valence-electron chi connectivity index (χ0n) is 18.2. The van der Waals surface area contributed by atoms with E-state index in [1.165, 1.54) is 5.56 Å². The summed E-state index contributed by atoms with van der Waals surface area (Å²) < 4.78 is 13.7. The Kier molecular flexibility index (Phi) is 6.99. The van der Waals surface area contributed by atoms with Crippen LogP contribution in [0.15, 0.2) is 47.6 Å². The molecule has 8 nitrogen and oxygen atoms in total. The topological polar surface area (TPSA) is 85.1 Å². The van der Waals surface area contributed by atoms with Gasteiger partial charge in [0.25, 0.3) is 0 Å². The molecule has 2 aromatic heterocycles. The van der Waals surface area contributed by atoms with Crippen molar-refractivity contribution in [3.8, 4) is 5.75 Å². The number of hydrogen-bond donors (Lipinski definition) is 2. The molecule has 3 heterocycles. The van der Waals surface area contributed by atoms with E-state index in [1.54, 1.807) is 7.05 Å². The van der Waals surface area contributed by atoms with Crippen LogP contribution in [0.2, 0.25) is 0 Å². The van der Waals surface area contributed by atoms with E-state index in [9.17, 15) is 0 Å². The van der Waals surface area contributed by atoms with E-state index in [2.05, 4.69) is 50.9 Å². The van der Waals surface area contributed by atoms with Gasteiger partial charge in [0.15, 0.2) is 11.6 Å². The summed E-state index contributed by atoms with van der Waals surface area (Å²) in [5.74, 6) is 2.65. The largest absolute Gasteiger partial charge is 0.488 e. The number of benzene rings is 1. The number of aromatic nitrogens is 3. The molecule has 0 spiro atoms. The van der Waals surface area contributed by atoms with Crippen molar-refractivity contribution in [2.45, 2.75) is 38.8 Å². The second-order valence-electron chi connectivity index (χ2n) is 7.72. The van der Waals surface area contributed by atoms with E-state index in [0.29, 0.717) is 13.2 Å². The zero-order valence-corrected chi connectivity index (χ0v) is 18.2. The van der Waals surface area contributed by atoms with Crippen LogP contribution in [0.3, 0.4) is 0 Å². The summed E-state index contributed by atoms with van der Waals surface area (Å²) in [4.78, 5) is 4.34. The zero-order chi connectivity index (χ0) is 21.5. The van der Waals surface area contributed by atoms with Gasteiger partial charge >= 0.3 is 0 Å². The molecule has 2 N–H and O–H groups in total. The van der Waals surface area contributed by atoms with Gasteiger partial charge in [-0.3, -0.25) is 9.39 Å². The fraction of sp³-hybridized carbons (Fsp3) is 0.435. The Morgan fingerprint density at radius 2 is 2.19 bits per heavy atom. The standard InChI is InChI=1S/C23H30N6O2/c1-17-8-9-18(20(14-17)31-19-10-13-30-16-19)15-26-23(24-2)25-11-5-7-22-28-27-21-6-3-4-12-29(21)22/h3-4,6,8-9,12,14,19H,5,7,10-11,13,15-16H2,1-2H3,(H2,24,25,26). The van der Waals surface area contributed by atoms with Gasteiger partial charge in [0.1, 0.15) is 17.7 Å². The van der Waals surface area contributed by atoms with Crippen LogP contribution in [-0.4, -0.2) is 53.5 Å². The molecule has 1 aliphatic rings. The van der Waals surface area contributed by atoms with Gasteiger partial charge in [-0.15, -0.1) is 10.2 Å². The smallest absolute Gasteiger partial charge is 0.191 e. The Morgan fingerprint density at radius 3 is 3.03 bits per heavy atom. The maximum absolute atomic E-state index is 6.19. The Hall–Kier alpha value is -3.13. The van der Waals surface area contributed by atoms with Gasteiger partial charge in [0.05, 0.1) is 13.2 Å². The minimum atomic E-state index is 0.131. The summed E-state index contributed by atoms with van der Waals surface area (Å²) in [6.45, 7) is 4.93. The number of hydrogen-bond acceptors (Lipinski definition) is 5. The lowest BCUT2D eigenvalue weighted by Crippen LogP contribution is -2.37. The minimum absolute atomic E-state index is 0.131. The first-order chi connectivity index (χ1) is 15.2. The van der Waals surface area contributed by atoms with Crippen LogP contribution in [0.4, 0.5) is 0 Å². The minimum Gasteiger partial charge on any atom is -0.488 e. The molecule has 1 unspecified atom stereocenters. The van der Waals surface area contributed by atoms with Crippen molar-refractivity contribution in [2.75, 3.05) is 26.8 Å². The third-order valence-electron chi connectivity index (χ3n) is 5.33. The average molecular weight is 423 g/mol. The Balaban J connectivity index is 1.27. The van der Waals surface area contributed by atoms with Gasteiger partial charge in [-0.1, -0.05) is 18.2 Å². The van der Waals surface area contributed by atoms with Crippen molar-refractivity contribution in [2.24, 2.45) is 4.99 Å². The predicted molar refractivity (Wildman–Crippen MR) is 121 cm³/mol. The van der Waals surface area contributed by atoms with E-state index < -0.39 is 0 Å². The van der Waals surface area contributed by atoms with E-state index in [4.69, 9.17) is 9.47 Å². The highest BCUT2D eigenvalue weighted by atomic mass is 16.5. The fourth-order valence-electron chi connectivity index (χ4n) is 3.62. The van der Waals surface area contributed by atoms with Gasteiger partial charge in [-0.25, -0.2) is 0 Å². The summed E-state index contributed by atoms with van der Waals surface area (Å²) in [5, 5.41) is 15.2. The molecule has 0 aliphatic carbocycles. The van der Waals surface area contributed by atoms with Crippen molar-refractivity contribution in [3.63, 3.8) is 0 Å². The first-order valence-electron chi connectivity index (χ1n) is 10.8. The maximum Gasteiger partial charge on any atom is 0.191 e. The first kappa shape index (κ1) is 21.1. The van der Waals surface area contributed by atoms with Crippen molar-refractivity contribution in [1.82, 2.24) is 25.2 Å². The molecule has 3 aromatic rings. The molecule has 31 heavy (non-hydrogen) atoms. The molecule has 8 heteroatoms. The molecule has 1 fully saturated rings. The molecule has 4 rings (SSSR count). The number of nitrogens with one attached hydrogen (secondary N) is 2. The van der Waals surface area contributed by atoms with Crippen molar-refractivity contribution in [3.05, 3.63) is 59.5 Å². The van der Waals surface area contributed by atoms with Crippen LogP contribution in [0.5, 0.6) is 5.75 Å². The third-order valence-corrected chi connectivity index (χ3v) is 5.33. The lowest BCUT2D eigenvalue weighted by Gasteiger charge is -2.18. The summed E-state index contributed by atoms with van der Waals surface area (Å²) in [5.41, 5.74) is 3.17. The van der Waals surface area contributed by atoms with Crippen molar-refractivity contribution in [1.29, 1.82) is 0 Å². The van der Waals surface area contributed by atoms with Crippen LogP contribution in [0, 0.1) is 6.92 Å². The lowest BCUT2D eigenvalue weighted by molar-refractivity contribution is 0.140. The SMILES string of the molecule is CN=C(NCCCc1nnc2ccccn12)NCc1ccc(C)cc1OC1CCOC1. The molecule has 1 aromatic carbocycles. The molecular formula is C23H30N6O2. The molecule has 1 atom stereocenters. The van der Waals surface area contributed by atoms with E-state index in [1.807, 2.05) is 28.8 Å². The summed E-state index contributed by atoms with van der Waals surface area (Å²) in [6.07, 6.45) is 4.83. The molecule has 0 amide bonds. The quantitative estimate of drug-likeness (QED) is 0.330. The molecular weight excluding hydrogens is 392 g/mol.